The normalized spacial score (nSPS) is 15.5. The first kappa shape index (κ1) is 20.2. The fraction of sp³-hybridized carbons (Fsp3) is 0.0714. The van der Waals surface area contributed by atoms with Crippen LogP contribution in [0.25, 0.3) is 0 Å². The summed E-state index contributed by atoms with van der Waals surface area (Å²) in [5.74, 6) is -0.0625. The highest BCUT2D eigenvalue weighted by molar-refractivity contribution is 6.30. The van der Waals surface area contributed by atoms with Gasteiger partial charge in [0.2, 0.25) is 0 Å². The molecule has 0 fully saturated rings. The largest absolute Gasteiger partial charge is 0.298 e. The van der Waals surface area contributed by atoms with Gasteiger partial charge < -0.3 is 0 Å². The predicted molar refractivity (Wildman–Crippen MR) is 131 cm³/mol. The Hall–Kier alpha value is -3.69. The molecule has 1 aliphatic rings. The summed E-state index contributed by atoms with van der Waals surface area (Å²) >= 11 is 6.37. The highest BCUT2D eigenvalue weighted by atomic mass is 35.5. The Kier molecular flexibility index (Phi) is 5.57. The SMILES string of the molecule is O=C(c1ccccc1)N1c2ccccc2N=C(c2ccccc2)CC1c1cccc(Cl)c1. The zero-order valence-electron chi connectivity index (χ0n) is 17.4. The molecule has 0 saturated carbocycles. The van der Waals surface area contributed by atoms with Gasteiger partial charge in [-0.1, -0.05) is 84.4 Å². The number of fused-ring (bicyclic) bond motifs is 1. The summed E-state index contributed by atoms with van der Waals surface area (Å²) in [6.45, 7) is 0. The molecule has 1 aliphatic heterocycles. The number of anilines is 1. The van der Waals surface area contributed by atoms with Crippen LogP contribution in [0.4, 0.5) is 11.4 Å². The van der Waals surface area contributed by atoms with Crippen LogP contribution >= 0.6 is 11.6 Å². The van der Waals surface area contributed by atoms with Crippen LogP contribution in [0, 0.1) is 0 Å². The van der Waals surface area contributed by atoms with Crippen LogP contribution in [-0.4, -0.2) is 11.6 Å². The van der Waals surface area contributed by atoms with Gasteiger partial charge in [-0.3, -0.25) is 14.7 Å². The number of hydrogen-bond donors (Lipinski definition) is 0. The smallest absolute Gasteiger partial charge is 0.258 e. The standard InChI is InChI=1S/C28H21ClN2O/c29-23-15-9-14-22(18-23)27-19-25(20-10-3-1-4-11-20)30-24-16-7-8-17-26(24)31(27)28(32)21-12-5-2-6-13-21/h1-18,27H,19H2. The van der Waals surface area contributed by atoms with Crippen LogP contribution < -0.4 is 4.90 Å². The molecule has 1 heterocycles. The predicted octanol–water partition coefficient (Wildman–Crippen LogP) is 7.25. The maximum Gasteiger partial charge on any atom is 0.258 e. The summed E-state index contributed by atoms with van der Waals surface area (Å²) in [5, 5.41) is 0.644. The molecule has 0 spiro atoms. The van der Waals surface area contributed by atoms with Gasteiger partial charge in [0.05, 0.1) is 23.1 Å². The third-order valence-corrected chi connectivity index (χ3v) is 5.91. The van der Waals surface area contributed by atoms with Gasteiger partial charge in [-0.05, 0) is 47.5 Å². The second-order valence-electron chi connectivity index (χ2n) is 7.73. The first-order chi connectivity index (χ1) is 15.7. The second kappa shape index (κ2) is 8.81. The first-order valence-corrected chi connectivity index (χ1v) is 10.9. The van der Waals surface area contributed by atoms with Crippen molar-refractivity contribution < 1.29 is 4.79 Å². The Morgan fingerprint density at radius 1 is 0.812 bits per heavy atom. The van der Waals surface area contributed by atoms with Gasteiger partial charge in [-0.15, -0.1) is 0 Å². The Morgan fingerprint density at radius 2 is 1.50 bits per heavy atom. The molecule has 3 nitrogen and oxygen atoms in total. The molecule has 1 unspecified atom stereocenters. The Balaban J connectivity index is 1.72. The van der Waals surface area contributed by atoms with Crippen molar-refractivity contribution in [3.8, 4) is 0 Å². The number of nitrogens with zero attached hydrogens (tertiary/aromatic N) is 2. The molecule has 0 aliphatic carbocycles. The van der Waals surface area contributed by atoms with Gasteiger partial charge in [-0.25, -0.2) is 0 Å². The Bertz CT molecular complexity index is 1290. The van der Waals surface area contributed by atoms with Crippen molar-refractivity contribution in [3.63, 3.8) is 0 Å². The van der Waals surface area contributed by atoms with Crippen LogP contribution in [-0.2, 0) is 0 Å². The van der Waals surface area contributed by atoms with Crippen LogP contribution in [0.3, 0.4) is 0 Å². The minimum absolute atomic E-state index is 0.0625. The Labute approximate surface area is 192 Å². The van der Waals surface area contributed by atoms with Crippen molar-refractivity contribution in [2.45, 2.75) is 12.5 Å². The number of hydrogen-bond acceptors (Lipinski definition) is 2. The lowest BCUT2D eigenvalue weighted by Gasteiger charge is -2.32. The van der Waals surface area contributed by atoms with Crippen molar-refractivity contribution in [3.05, 3.63) is 131 Å². The first-order valence-electron chi connectivity index (χ1n) is 10.6. The van der Waals surface area contributed by atoms with E-state index in [2.05, 4.69) is 12.1 Å². The van der Waals surface area contributed by atoms with E-state index in [1.54, 1.807) is 0 Å². The van der Waals surface area contributed by atoms with E-state index in [0.29, 0.717) is 17.0 Å². The summed E-state index contributed by atoms with van der Waals surface area (Å²) < 4.78 is 0. The van der Waals surface area contributed by atoms with E-state index in [1.165, 1.54) is 0 Å². The monoisotopic (exact) mass is 436 g/mol. The molecule has 0 saturated heterocycles. The van der Waals surface area contributed by atoms with Crippen LogP contribution in [0.5, 0.6) is 0 Å². The quantitative estimate of drug-likeness (QED) is 0.333. The molecule has 156 valence electrons. The second-order valence-corrected chi connectivity index (χ2v) is 8.17. The molecule has 0 N–H and O–H groups in total. The zero-order chi connectivity index (χ0) is 21.9. The number of carbonyl (C=O) groups is 1. The molecule has 4 aromatic rings. The molecule has 4 heteroatoms. The molecular weight excluding hydrogens is 416 g/mol. The molecule has 0 aromatic heterocycles. The van der Waals surface area contributed by atoms with E-state index in [4.69, 9.17) is 16.6 Å². The number of halogens is 1. The third-order valence-electron chi connectivity index (χ3n) is 5.68. The van der Waals surface area contributed by atoms with Gasteiger partial charge in [-0.2, -0.15) is 0 Å². The van der Waals surface area contributed by atoms with Gasteiger partial charge in [0.1, 0.15) is 0 Å². The van der Waals surface area contributed by atoms with E-state index in [0.717, 1.165) is 28.2 Å². The zero-order valence-corrected chi connectivity index (χ0v) is 18.1. The fourth-order valence-corrected chi connectivity index (χ4v) is 4.36. The van der Waals surface area contributed by atoms with Crippen molar-refractivity contribution in [1.29, 1.82) is 0 Å². The van der Waals surface area contributed by atoms with Crippen molar-refractivity contribution in [1.82, 2.24) is 0 Å². The average Bonchev–Trinajstić information content (AvgIpc) is 3.02. The summed E-state index contributed by atoms with van der Waals surface area (Å²) in [7, 11) is 0. The summed E-state index contributed by atoms with van der Waals surface area (Å²) in [6, 6.07) is 34.8. The molecule has 4 aromatic carbocycles. The lowest BCUT2D eigenvalue weighted by Crippen LogP contribution is -2.35. The third kappa shape index (κ3) is 3.95. The lowest BCUT2D eigenvalue weighted by molar-refractivity contribution is 0.0977. The summed E-state index contributed by atoms with van der Waals surface area (Å²) in [4.78, 5) is 20.8. The van der Waals surface area contributed by atoms with Gasteiger partial charge in [0, 0.05) is 17.0 Å². The molecule has 1 atom stereocenters. The van der Waals surface area contributed by atoms with Gasteiger partial charge >= 0.3 is 0 Å². The molecule has 1 amide bonds. The van der Waals surface area contributed by atoms with E-state index < -0.39 is 0 Å². The molecular formula is C28H21ClN2O. The van der Waals surface area contributed by atoms with Gasteiger partial charge in [0.25, 0.3) is 5.91 Å². The van der Waals surface area contributed by atoms with Crippen LogP contribution in [0.2, 0.25) is 5.02 Å². The molecule has 0 bridgehead atoms. The van der Waals surface area contributed by atoms with E-state index in [9.17, 15) is 4.79 Å². The molecule has 32 heavy (non-hydrogen) atoms. The van der Waals surface area contributed by atoms with E-state index >= 15 is 0 Å². The Morgan fingerprint density at radius 3 is 2.25 bits per heavy atom. The molecule has 0 radical (unpaired) electrons. The maximum atomic E-state index is 13.9. The minimum Gasteiger partial charge on any atom is -0.298 e. The summed E-state index contributed by atoms with van der Waals surface area (Å²) in [6.07, 6.45) is 0.567. The highest BCUT2D eigenvalue weighted by Crippen LogP contribution is 2.41. The van der Waals surface area contributed by atoms with Gasteiger partial charge in [0.15, 0.2) is 0 Å². The fourth-order valence-electron chi connectivity index (χ4n) is 4.16. The van der Waals surface area contributed by atoms with Crippen LogP contribution in [0.1, 0.15) is 33.9 Å². The van der Waals surface area contributed by atoms with E-state index in [1.807, 2.05) is 102 Å². The number of para-hydroxylation sites is 2. The average molecular weight is 437 g/mol. The minimum atomic E-state index is -0.260. The topological polar surface area (TPSA) is 32.7 Å². The summed E-state index contributed by atoms with van der Waals surface area (Å²) in [5.41, 5.74) is 5.16. The van der Waals surface area contributed by atoms with Crippen molar-refractivity contribution in [2.75, 3.05) is 4.90 Å². The lowest BCUT2D eigenvalue weighted by atomic mass is 9.95. The van der Waals surface area contributed by atoms with Crippen LogP contribution in [0.15, 0.2) is 114 Å². The maximum absolute atomic E-state index is 13.9. The number of aliphatic imine (C=N–C) groups is 1. The number of benzene rings is 4. The van der Waals surface area contributed by atoms with Crippen molar-refractivity contribution >= 4 is 34.6 Å². The van der Waals surface area contributed by atoms with Crippen molar-refractivity contribution in [2.24, 2.45) is 4.99 Å². The number of carbonyl (C=O) groups excluding carboxylic acids is 1. The number of rotatable bonds is 3. The highest BCUT2D eigenvalue weighted by Gasteiger charge is 2.33. The number of amides is 1. The molecule has 5 rings (SSSR count). The van der Waals surface area contributed by atoms with E-state index in [-0.39, 0.29) is 11.9 Å².